The highest BCUT2D eigenvalue weighted by molar-refractivity contribution is 7.62. The Morgan fingerprint density at radius 1 is 1.12 bits per heavy atom. The van der Waals surface area contributed by atoms with Crippen molar-refractivity contribution in [2.75, 3.05) is 13.2 Å². The lowest BCUT2D eigenvalue weighted by atomic mass is 10.1. The van der Waals surface area contributed by atoms with Crippen molar-refractivity contribution in [1.29, 1.82) is 0 Å². The molecule has 0 fully saturated rings. The van der Waals surface area contributed by atoms with E-state index in [4.69, 9.17) is 9.05 Å². The summed E-state index contributed by atoms with van der Waals surface area (Å²) >= 11 is 0. The third-order valence-corrected chi connectivity index (χ3v) is 5.69. The number of rotatable bonds is 6. The lowest BCUT2D eigenvalue weighted by Crippen LogP contribution is -2.25. The summed E-state index contributed by atoms with van der Waals surface area (Å²) in [5.74, 6) is 0. The fourth-order valence-corrected chi connectivity index (χ4v) is 4.06. The van der Waals surface area contributed by atoms with Gasteiger partial charge in [-0.15, -0.1) is 0 Å². The van der Waals surface area contributed by atoms with E-state index in [9.17, 15) is 17.7 Å². The number of alkyl halides is 3. The van der Waals surface area contributed by atoms with Crippen LogP contribution in [0.5, 0.6) is 0 Å². The lowest BCUT2D eigenvalue weighted by Gasteiger charge is -2.19. The van der Waals surface area contributed by atoms with Crippen molar-refractivity contribution in [2.24, 2.45) is 0 Å². The third kappa shape index (κ3) is 3.97. The van der Waals surface area contributed by atoms with Crippen LogP contribution in [0.3, 0.4) is 0 Å². The minimum atomic E-state index is -4.78. The number of imidazole rings is 1. The van der Waals surface area contributed by atoms with E-state index in [1.165, 1.54) is 13.8 Å². The van der Waals surface area contributed by atoms with Crippen LogP contribution in [0.25, 0.3) is 5.69 Å². The fourth-order valence-electron chi connectivity index (χ4n) is 2.37. The van der Waals surface area contributed by atoms with Crippen LogP contribution in [0.15, 0.2) is 24.5 Å². The predicted molar refractivity (Wildman–Crippen MR) is 88.5 cm³/mol. The van der Waals surface area contributed by atoms with E-state index < -0.39 is 24.9 Å². The number of nitrogens with zero attached hydrogens (tertiary/aromatic N) is 2. The Labute approximate surface area is 144 Å². The first-order chi connectivity index (χ1) is 11.6. The molecule has 0 unspecified atom stereocenters. The van der Waals surface area contributed by atoms with Crippen LogP contribution in [-0.4, -0.2) is 22.8 Å². The van der Waals surface area contributed by atoms with Crippen molar-refractivity contribution in [2.45, 2.75) is 33.9 Å². The lowest BCUT2D eigenvalue weighted by molar-refractivity contribution is -0.141. The molecule has 0 aliphatic heterocycles. The van der Waals surface area contributed by atoms with Crippen LogP contribution in [0, 0.1) is 13.8 Å². The van der Waals surface area contributed by atoms with E-state index in [-0.39, 0.29) is 18.9 Å². The van der Waals surface area contributed by atoms with Crippen LogP contribution < -0.4 is 5.44 Å². The molecular formula is C16H20F3N2O3P. The van der Waals surface area contributed by atoms with Crippen LogP contribution >= 0.6 is 7.60 Å². The zero-order chi connectivity index (χ0) is 18.8. The minimum Gasteiger partial charge on any atom is -0.304 e. The van der Waals surface area contributed by atoms with E-state index in [2.05, 4.69) is 4.98 Å². The van der Waals surface area contributed by atoms with Gasteiger partial charge < -0.3 is 9.05 Å². The summed E-state index contributed by atoms with van der Waals surface area (Å²) in [4.78, 5) is 3.75. The number of hydrogen-bond acceptors (Lipinski definition) is 4. The molecule has 1 aromatic heterocycles. The van der Waals surface area contributed by atoms with E-state index in [0.717, 1.165) is 22.0 Å². The number of halogens is 3. The summed E-state index contributed by atoms with van der Waals surface area (Å²) in [7, 11) is -4.18. The largest absolute Gasteiger partial charge is 0.434 e. The topological polar surface area (TPSA) is 53.4 Å². The summed E-state index contributed by atoms with van der Waals surface area (Å²) < 4.78 is 65.0. The molecule has 9 heteroatoms. The molecule has 0 aliphatic rings. The molecule has 0 bridgehead atoms. The Hall–Kier alpha value is -1.63. The molecular weight excluding hydrogens is 356 g/mol. The summed E-state index contributed by atoms with van der Waals surface area (Å²) in [6.07, 6.45) is -3.79. The van der Waals surface area contributed by atoms with Crippen molar-refractivity contribution in [3.05, 3.63) is 41.3 Å². The molecule has 5 nitrogen and oxygen atoms in total. The van der Waals surface area contributed by atoms with Crippen molar-refractivity contribution in [3.8, 4) is 5.69 Å². The van der Waals surface area contributed by atoms with E-state index in [1.807, 2.05) is 6.92 Å². The maximum absolute atomic E-state index is 13.7. The Balaban J connectivity index is 2.70. The van der Waals surface area contributed by atoms with Gasteiger partial charge in [0, 0.05) is 5.69 Å². The number of benzene rings is 1. The van der Waals surface area contributed by atoms with Gasteiger partial charge in [0.25, 0.3) is 0 Å². The molecule has 0 N–H and O–H groups in total. The van der Waals surface area contributed by atoms with Crippen LogP contribution in [0.1, 0.15) is 30.7 Å². The van der Waals surface area contributed by atoms with Crippen molar-refractivity contribution < 1.29 is 26.8 Å². The molecule has 138 valence electrons. The monoisotopic (exact) mass is 376 g/mol. The van der Waals surface area contributed by atoms with Gasteiger partial charge in [0.05, 0.1) is 13.2 Å². The Morgan fingerprint density at radius 2 is 1.72 bits per heavy atom. The maximum Gasteiger partial charge on any atom is 0.434 e. The van der Waals surface area contributed by atoms with Crippen molar-refractivity contribution in [1.82, 2.24) is 9.55 Å². The number of hydrogen-bond donors (Lipinski definition) is 0. The standard InChI is InChI=1S/C16H20F3N2O3P/c1-5-23-25(22,24-6-2)15-14(16(17,18)19)21(10-20-15)13-8-7-11(3)12(4)9-13/h7-10H,5-6H2,1-4H3. The predicted octanol–water partition coefficient (Wildman–Crippen LogP) is 4.40. The number of aromatic nitrogens is 2. The Bertz CT molecular complexity index is 792. The summed E-state index contributed by atoms with van der Waals surface area (Å²) in [5.41, 5.74) is 0.183. The van der Waals surface area contributed by atoms with Gasteiger partial charge in [0.1, 0.15) is 6.33 Å². The van der Waals surface area contributed by atoms with Gasteiger partial charge in [-0.2, -0.15) is 13.2 Å². The quantitative estimate of drug-likeness (QED) is 0.702. The third-order valence-electron chi connectivity index (χ3n) is 3.64. The molecule has 0 radical (unpaired) electrons. The SMILES string of the molecule is CCOP(=O)(OCC)c1ncn(-c2ccc(C)c(C)c2)c1C(F)(F)F. The normalized spacial score (nSPS) is 12.6. The highest BCUT2D eigenvalue weighted by Gasteiger charge is 2.46. The molecule has 0 saturated carbocycles. The average molecular weight is 376 g/mol. The molecule has 0 amide bonds. The van der Waals surface area contributed by atoms with E-state index in [1.54, 1.807) is 25.1 Å². The van der Waals surface area contributed by atoms with Crippen LogP contribution in [0.2, 0.25) is 0 Å². The molecule has 25 heavy (non-hydrogen) atoms. The Kier molecular flexibility index (Phi) is 5.76. The second-order valence-corrected chi connectivity index (χ2v) is 7.32. The number of aryl methyl sites for hydroxylation is 2. The van der Waals surface area contributed by atoms with Gasteiger partial charge >= 0.3 is 13.8 Å². The van der Waals surface area contributed by atoms with Gasteiger partial charge in [-0.05, 0) is 51.0 Å². The van der Waals surface area contributed by atoms with Crippen LogP contribution in [-0.2, 0) is 19.8 Å². The molecule has 2 rings (SSSR count). The zero-order valence-corrected chi connectivity index (χ0v) is 15.3. The van der Waals surface area contributed by atoms with Gasteiger partial charge in [-0.1, -0.05) is 6.07 Å². The van der Waals surface area contributed by atoms with Crippen molar-refractivity contribution in [3.63, 3.8) is 0 Å². The highest BCUT2D eigenvalue weighted by Crippen LogP contribution is 2.49. The second kappa shape index (κ2) is 7.32. The first-order valence-electron chi connectivity index (χ1n) is 7.76. The van der Waals surface area contributed by atoms with E-state index >= 15 is 0 Å². The van der Waals surface area contributed by atoms with Gasteiger partial charge in [-0.25, -0.2) is 4.98 Å². The molecule has 2 aromatic rings. The van der Waals surface area contributed by atoms with Gasteiger partial charge in [0.2, 0.25) is 0 Å². The smallest absolute Gasteiger partial charge is 0.304 e. The van der Waals surface area contributed by atoms with Crippen LogP contribution in [0.4, 0.5) is 13.2 Å². The Morgan fingerprint density at radius 3 is 2.20 bits per heavy atom. The molecule has 1 heterocycles. The molecule has 0 atom stereocenters. The zero-order valence-electron chi connectivity index (χ0n) is 14.4. The summed E-state index contributed by atoms with van der Waals surface area (Å²) in [6.45, 7) is 6.59. The highest BCUT2D eigenvalue weighted by atomic mass is 31.2. The first kappa shape index (κ1) is 19.7. The first-order valence-corrected chi connectivity index (χ1v) is 9.30. The summed E-state index contributed by atoms with van der Waals surface area (Å²) in [6, 6.07) is 4.88. The fraction of sp³-hybridized carbons (Fsp3) is 0.438. The van der Waals surface area contributed by atoms with E-state index in [0.29, 0.717) is 0 Å². The van der Waals surface area contributed by atoms with Gasteiger partial charge in [-0.3, -0.25) is 9.13 Å². The molecule has 1 aromatic carbocycles. The second-order valence-electron chi connectivity index (χ2n) is 5.39. The minimum absolute atomic E-state index is 0.0644. The molecule has 0 spiro atoms. The molecule has 0 saturated heterocycles. The average Bonchev–Trinajstić information content (AvgIpc) is 2.96. The molecule has 0 aliphatic carbocycles. The van der Waals surface area contributed by atoms with Crippen molar-refractivity contribution >= 4 is 13.0 Å². The summed E-state index contributed by atoms with van der Waals surface area (Å²) in [5, 5.41) is 0. The van der Waals surface area contributed by atoms with Gasteiger partial charge in [0.15, 0.2) is 11.1 Å². The maximum atomic E-state index is 13.7.